The van der Waals surface area contributed by atoms with Crippen LogP contribution in [0.15, 0.2) is 24.3 Å². The molecule has 3 heteroatoms. The Balaban J connectivity index is 2.38. The van der Waals surface area contributed by atoms with E-state index in [1.165, 1.54) is 19.4 Å². The lowest BCUT2D eigenvalue weighted by molar-refractivity contribution is 0.153. The number of nitrogens with two attached hydrogens (primary N) is 1. The molecule has 21 heavy (non-hydrogen) atoms. The molecule has 2 N–H and O–H groups in total. The molecule has 0 saturated heterocycles. The molecule has 0 bridgehead atoms. The second-order valence-corrected chi connectivity index (χ2v) is 6.13. The van der Waals surface area contributed by atoms with Gasteiger partial charge in [0, 0.05) is 30.9 Å². The second kappa shape index (κ2) is 9.67. The average molecular weight is 292 g/mol. The molecule has 0 fully saturated rings. The SMILES string of the molecule is CCC(CC)N(CCCOc1cccc(N)c1)CC(C)C. The lowest BCUT2D eigenvalue weighted by Crippen LogP contribution is -2.38. The summed E-state index contributed by atoms with van der Waals surface area (Å²) in [5, 5.41) is 0. The summed E-state index contributed by atoms with van der Waals surface area (Å²) < 4.78 is 5.78. The molecule has 3 nitrogen and oxygen atoms in total. The zero-order valence-electron chi connectivity index (χ0n) is 14.1. The molecule has 0 aliphatic carbocycles. The van der Waals surface area contributed by atoms with Crippen LogP contribution in [0.1, 0.15) is 47.0 Å². The van der Waals surface area contributed by atoms with Gasteiger partial charge in [-0.2, -0.15) is 0 Å². The van der Waals surface area contributed by atoms with E-state index in [2.05, 4.69) is 32.6 Å². The van der Waals surface area contributed by atoms with Gasteiger partial charge in [0.2, 0.25) is 0 Å². The summed E-state index contributed by atoms with van der Waals surface area (Å²) in [6.07, 6.45) is 3.50. The van der Waals surface area contributed by atoms with E-state index in [9.17, 15) is 0 Å². The number of hydrogen-bond acceptors (Lipinski definition) is 3. The predicted octanol–water partition coefficient (Wildman–Crippen LogP) is 4.18. The Hall–Kier alpha value is -1.22. The van der Waals surface area contributed by atoms with Crippen LogP contribution in [0.4, 0.5) is 5.69 Å². The molecule has 120 valence electrons. The Morgan fingerprint density at radius 3 is 2.48 bits per heavy atom. The van der Waals surface area contributed by atoms with E-state index in [1.54, 1.807) is 0 Å². The maximum atomic E-state index is 5.78. The molecule has 1 rings (SSSR count). The summed E-state index contributed by atoms with van der Waals surface area (Å²) >= 11 is 0. The number of rotatable bonds is 10. The van der Waals surface area contributed by atoms with E-state index in [0.29, 0.717) is 12.0 Å². The maximum Gasteiger partial charge on any atom is 0.121 e. The maximum absolute atomic E-state index is 5.78. The third-order valence-electron chi connectivity index (χ3n) is 3.78. The van der Waals surface area contributed by atoms with Gasteiger partial charge in [-0.25, -0.2) is 0 Å². The summed E-state index contributed by atoms with van der Waals surface area (Å²) in [6.45, 7) is 12.2. The van der Waals surface area contributed by atoms with Gasteiger partial charge in [-0.1, -0.05) is 33.8 Å². The molecule has 0 radical (unpaired) electrons. The third kappa shape index (κ3) is 6.85. The highest BCUT2D eigenvalue weighted by atomic mass is 16.5. The van der Waals surface area contributed by atoms with Crippen molar-refractivity contribution >= 4 is 5.69 Å². The molecule has 0 aromatic heterocycles. The Kier molecular flexibility index (Phi) is 8.21. The molecule has 0 atom stereocenters. The average Bonchev–Trinajstić information content (AvgIpc) is 2.44. The quantitative estimate of drug-likeness (QED) is 0.519. The molecular formula is C18H32N2O. The van der Waals surface area contributed by atoms with E-state index in [1.807, 2.05) is 24.3 Å². The Morgan fingerprint density at radius 1 is 1.19 bits per heavy atom. The first-order chi connectivity index (χ1) is 10.1. The topological polar surface area (TPSA) is 38.5 Å². The minimum absolute atomic E-state index is 0.694. The van der Waals surface area contributed by atoms with Gasteiger partial charge >= 0.3 is 0 Å². The fourth-order valence-electron chi connectivity index (χ4n) is 2.76. The Labute approximate surface area is 130 Å². The molecule has 0 unspecified atom stereocenters. The number of nitrogen functional groups attached to an aromatic ring is 1. The molecule has 1 aromatic carbocycles. The van der Waals surface area contributed by atoms with E-state index in [-0.39, 0.29) is 0 Å². The van der Waals surface area contributed by atoms with Crippen molar-refractivity contribution in [3.63, 3.8) is 0 Å². The van der Waals surface area contributed by atoms with Gasteiger partial charge in [0.05, 0.1) is 6.61 Å². The zero-order valence-corrected chi connectivity index (χ0v) is 14.1. The van der Waals surface area contributed by atoms with Crippen LogP contribution in [-0.2, 0) is 0 Å². The van der Waals surface area contributed by atoms with Crippen LogP contribution < -0.4 is 10.5 Å². The number of nitrogens with zero attached hydrogens (tertiary/aromatic N) is 1. The monoisotopic (exact) mass is 292 g/mol. The molecule has 0 heterocycles. The molecule has 0 saturated carbocycles. The lowest BCUT2D eigenvalue weighted by atomic mass is 10.1. The third-order valence-corrected chi connectivity index (χ3v) is 3.78. The minimum atomic E-state index is 0.694. The predicted molar refractivity (Wildman–Crippen MR) is 91.7 cm³/mol. The van der Waals surface area contributed by atoms with Crippen molar-refractivity contribution in [1.29, 1.82) is 0 Å². The number of hydrogen-bond donors (Lipinski definition) is 1. The van der Waals surface area contributed by atoms with Crippen LogP contribution in [-0.4, -0.2) is 30.6 Å². The summed E-state index contributed by atoms with van der Waals surface area (Å²) in [5.74, 6) is 1.58. The van der Waals surface area contributed by atoms with Gasteiger partial charge in [-0.05, 0) is 37.3 Å². The fourth-order valence-corrected chi connectivity index (χ4v) is 2.76. The van der Waals surface area contributed by atoms with Gasteiger partial charge in [0.1, 0.15) is 5.75 Å². The highest BCUT2D eigenvalue weighted by Crippen LogP contribution is 2.15. The molecule has 0 aliphatic rings. The summed E-state index contributed by atoms with van der Waals surface area (Å²) in [6, 6.07) is 8.35. The molecular weight excluding hydrogens is 260 g/mol. The lowest BCUT2D eigenvalue weighted by Gasteiger charge is -2.31. The first-order valence-electron chi connectivity index (χ1n) is 8.29. The van der Waals surface area contributed by atoms with Crippen LogP contribution in [0.3, 0.4) is 0 Å². The van der Waals surface area contributed by atoms with E-state index in [0.717, 1.165) is 31.0 Å². The van der Waals surface area contributed by atoms with Crippen LogP contribution in [0.2, 0.25) is 0 Å². The van der Waals surface area contributed by atoms with E-state index >= 15 is 0 Å². The van der Waals surface area contributed by atoms with Crippen molar-refractivity contribution in [3.8, 4) is 5.75 Å². The molecule has 0 spiro atoms. The van der Waals surface area contributed by atoms with Gasteiger partial charge in [-0.3, -0.25) is 0 Å². The van der Waals surface area contributed by atoms with Crippen LogP contribution in [0.25, 0.3) is 0 Å². The number of anilines is 1. The molecule has 0 aliphatic heterocycles. The molecule has 1 aromatic rings. The van der Waals surface area contributed by atoms with Gasteiger partial charge < -0.3 is 15.4 Å². The van der Waals surface area contributed by atoms with Crippen LogP contribution in [0.5, 0.6) is 5.75 Å². The van der Waals surface area contributed by atoms with Crippen molar-refractivity contribution in [2.24, 2.45) is 5.92 Å². The Morgan fingerprint density at radius 2 is 1.90 bits per heavy atom. The Bertz CT molecular complexity index is 389. The number of benzene rings is 1. The van der Waals surface area contributed by atoms with Crippen LogP contribution in [0, 0.1) is 5.92 Å². The minimum Gasteiger partial charge on any atom is -0.493 e. The van der Waals surface area contributed by atoms with E-state index < -0.39 is 0 Å². The highest BCUT2D eigenvalue weighted by Gasteiger charge is 2.15. The first-order valence-corrected chi connectivity index (χ1v) is 8.29. The van der Waals surface area contributed by atoms with Crippen molar-refractivity contribution in [2.75, 3.05) is 25.4 Å². The standard InChI is InChI=1S/C18H32N2O/c1-5-17(6-2)20(14-15(3)4)11-8-12-21-18-10-7-9-16(19)13-18/h7,9-10,13,15,17H,5-6,8,11-12,14,19H2,1-4H3. The molecule has 0 amide bonds. The van der Waals surface area contributed by atoms with Crippen molar-refractivity contribution in [3.05, 3.63) is 24.3 Å². The van der Waals surface area contributed by atoms with Crippen LogP contribution >= 0.6 is 0 Å². The largest absolute Gasteiger partial charge is 0.493 e. The van der Waals surface area contributed by atoms with Crippen molar-refractivity contribution in [2.45, 2.75) is 53.0 Å². The fraction of sp³-hybridized carbons (Fsp3) is 0.667. The normalized spacial score (nSPS) is 11.6. The van der Waals surface area contributed by atoms with Gasteiger partial charge in [0.25, 0.3) is 0 Å². The first kappa shape index (κ1) is 17.8. The van der Waals surface area contributed by atoms with E-state index in [4.69, 9.17) is 10.5 Å². The summed E-state index contributed by atoms with van der Waals surface area (Å²) in [4.78, 5) is 2.62. The highest BCUT2D eigenvalue weighted by molar-refractivity contribution is 5.43. The number of ether oxygens (including phenoxy) is 1. The van der Waals surface area contributed by atoms with Gasteiger partial charge in [0.15, 0.2) is 0 Å². The summed E-state index contributed by atoms with van der Waals surface area (Å²) in [5.41, 5.74) is 6.51. The summed E-state index contributed by atoms with van der Waals surface area (Å²) in [7, 11) is 0. The van der Waals surface area contributed by atoms with Crippen molar-refractivity contribution < 1.29 is 4.74 Å². The smallest absolute Gasteiger partial charge is 0.121 e. The zero-order chi connectivity index (χ0) is 15.7. The van der Waals surface area contributed by atoms with Gasteiger partial charge in [-0.15, -0.1) is 0 Å². The van der Waals surface area contributed by atoms with Crippen molar-refractivity contribution in [1.82, 2.24) is 4.90 Å². The second-order valence-electron chi connectivity index (χ2n) is 6.13.